The summed E-state index contributed by atoms with van der Waals surface area (Å²) in [5.41, 5.74) is 0.0201. The van der Waals surface area contributed by atoms with Crippen molar-refractivity contribution < 1.29 is 28.5 Å². The lowest BCUT2D eigenvalue weighted by atomic mass is 9.89. The normalized spacial score (nSPS) is 22.2. The van der Waals surface area contributed by atoms with Crippen LogP contribution in [0.15, 0.2) is 17.5 Å². The lowest BCUT2D eigenvalue weighted by Gasteiger charge is -2.22. The maximum atomic E-state index is 14.0. The van der Waals surface area contributed by atoms with E-state index in [1.807, 2.05) is 6.92 Å². The Morgan fingerprint density at radius 2 is 2.24 bits per heavy atom. The molecular formula is C21H31F2NO4S. The first-order valence-electron chi connectivity index (χ1n) is 10.2. The van der Waals surface area contributed by atoms with Crippen molar-refractivity contribution in [3.63, 3.8) is 0 Å². The molecule has 0 radical (unpaired) electrons. The molecule has 2 unspecified atom stereocenters. The molecule has 164 valence electrons. The molecule has 1 aliphatic rings. The minimum Gasteiger partial charge on any atom is -0.476 e. The Hall–Kier alpha value is -1.38. The molecule has 0 spiro atoms. The predicted octanol–water partition coefficient (Wildman–Crippen LogP) is 5.47. The van der Waals surface area contributed by atoms with E-state index in [-0.39, 0.29) is 24.1 Å². The number of methoxy groups -OCH3 is 1. The average molecular weight is 432 g/mol. The monoisotopic (exact) mass is 431 g/mol. The molecule has 1 aliphatic carbocycles. The number of aliphatic hydroxyl groups excluding tert-OH is 1. The third-order valence-electron chi connectivity index (χ3n) is 5.66. The lowest BCUT2D eigenvalue weighted by molar-refractivity contribution is -0.0930. The van der Waals surface area contributed by atoms with Gasteiger partial charge in [-0.3, -0.25) is 0 Å². The predicted molar refractivity (Wildman–Crippen MR) is 109 cm³/mol. The van der Waals surface area contributed by atoms with Crippen molar-refractivity contribution in [2.24, 2.45) is 11.8 Å². The maximum Gasteiger partial charge on any atom is 0.355 e. The topological polar surface area (TPSA) is 79.7 Å². The third-order valence-corrected chi connectivity index (χ3v) is 6.59. The second-order valence-corrected chi connectivity index (χ2v) is 8.62. The number of thiazole rings is 1. The highest BCUT2D eigenvalue weighted by atomic mass is 32.1. The Balaban J connectivity index is 1.91. The number of hydrogen-bond acceptors (Lipinski definition) is 5. The highest BCUT2D eigenvalue weighted by molar-refractivity contribution is 7.09. The molecule has 8 heteroatoms. The molecule has 2 rings (SSSR count). The zero-order chi connectivity index (χ0) is 21.4. The van der Waals surface area contributed by atoms with Gasteiger partial charge in [0.15, 0.2) is 5.69 Å². The lowest BCUT2D eigenvalue weighted by Crippen LogP contribution is -2.31. The van der Waals surface area contributed by atoms with Crippen LogP contribution in [0.25, 0.3) is 0 Å². The van der Waals surface area contributed by atoms with Crippen LogP contribution in [0, 0.1) is 11.8 Å². The van der Waals surface area contributed by atoms with Gasteiger partial charge in [-0.15, -0.1) is 11.3 Å². The van der Waals surface area contributed by atoms with E-state index in [1.165, 1.54) is 22.8 Å². The van der Waals surface area contributed by atoms with Crippen LogP contribution in [0.3, 0.4) is 0 Å². The zero-order valence-electron chi connectivity index (χ0n) is 17.0. The van der Waals surface area contributed by atoms with Crippen LogP contribution in [-0.4, -0.2) is 40.3 Å². The van der Waals surface area contributed by atoms with Gasteiger partial charge in [-0.05, 0) is 43.9 Å². The average Bonchev–Trinajstić information content (AvgIpc) is 3.35. The SMILES string of the molecule is CCCCC(F)(F)C(O)/C=C/C1CCC[C@@H]1CC[C@@H](OC)c1nc(C(=O)O)cs1. The molecule has 0 bridgehead atoms. The number of carbonyl (C=O) groups is 1. The summed E-state index contributed by atoms with van der Waals surface area (Å²) in [6, 6.07) is 0. The fourth-order valence-electron chi connectivity index (χ4n) is 3.87. The number of alkyl halides is 2. The van der Waals surface area contributed by atoms with E-state index in [2.05, 4.69) is 4.98 Å². The van der Waals surface area contributed by atoms with Crippen LogP contribution in [0.1, 0.15) is 79.9 Å². The van der Waals surface area contributed by atoms with Gasteiger partial charge in [-0.1, -0.05) is 31.9 Å². The summed E-state index contributed by atoms with van der Waals surface area (Å²) >= 11 is 1.27. The van der Waals surface area contributed by atoms with Gasteiger partial charge in [0.1, 0.15) is 17.2 Å². The van der Waals surface area contributed by atoms with E-state index in [1.54, 1.807) is 13.2 Å². The van der Waals surface area contributed by atoms with Crippen molar-refractivity contribution in [2.45, 2.75) is 76.4 Å². The molecular weight excluding hydrogens is 400 g/mol. The van der Waals surface area contributed by atoms with Gasteiger partial charge >= 0.3 is 5.97 Å². The van der Waals surface area contributed by atoms with Crippen molar-refractivity contribution in [2.75, 3.05) is 7.11 Å². The molecule has 4 atom stereocenters. The number of halogens is 2. The smallest absolute Gasteiger partial charge is 0.355 e. The quantitative estimate of drug-likeness (QED) is 0.429. The minimum absolute atomic E-state index is 0.0201. The van der Waals surface area contributed by atoms with E-state index >= 15 is 0 Å². The van der Waals surface area contributed by atoms with Gasteiger partial charge in [0.2, 0.25) is 0 Å². The highest BCUT2D eigenvalue weighted by Crippen LogP contribution is 2.39. The van der Waals surface area contributed by atoms with Crippen molar-refractivity contribution in [3.05, 3.63) is 28.2 Å². The number of unbranched alkanes of at least 4 members (excludes halogenated alkanes) is 1. The zero-order valence-corrected chi connectivity index (χ0v) is 17.8. The number of rotatable bonds is 12. The number of carboxylic acid groups (broad SMARTS) is 1. The molecule has 0 saturated heterocycles. The van der Waals surface area contributed by atoms with Crippen LogP contribution < -0.4 is 0 Å². The maximum absolute atomic E-state index is 14.0. The van der Waals surface area contributed by atoms with Crippen molar-refractivity contribution in [1.29, 1.82) is 0 Å². The van der Waals surface area contributed by atoms with E-state index in [4.69, 9.17) is 9.84 Å². The molecule has 1 aromatic heterocycles. The van der Waals surface area contributed by atoms with Gasteiger partial charge in [-0.25, -0.2) is 18.6 Å². The number of aliphatic hydroxyl groups is 1. The first kappa shape index (κ1) is 23.9. The standard InChI is InChI=1S/C21H31F2NO4S/c1-3-4-12-21(22,23)18(25)11-9-15-7-5-6-14(15)8-10-17(28-2)19-24-16(13-29-19)20(26)27/h9,11,13-15,17-18,25H,3-8,10,12H2,1-2H3,(H,26,27)/b11-9+/t14-,15?,17-,18?/m1/s1. The van der Waals surface area contributed by atoms with E-state index in [0.717, 1.165) is 25.7 Å². The second-order valence-electron chi connectivity index (χ2n) is 7.73. The largest absolute Gasteiger partial charge is 0.476 e. The fourth-order valence-corrected chi connectivity index (χ4v) is 4.77. The van der Waals surface area contributed by atoms with Crippen LogP contribution in [-0.2, 0) is 4.74 Å². The number of ether oxygens (including phenoxy) is 1. The molecule has 5 nitrogen and oxygen atoms in total. The summed E-state index contributed by atoms with van der Waals surface area (Å²) in [5.74, 6) is -3.65. The van der Waals surface area contributed by atoms with E-state index in [9.17, 15) is 18.7 Å². The summed E-state index contributed by atoms with van der Waals surface area (Å²) in [4.78, 5) is 15.1. The van der Waals surface area contributed by atoms with Crippen LogP contribution >= 0.6 is 11.3 Å². The fraction of sp³-hybridized carbons (Fsp3) is 0.714. The Labute approximate surface area is 174 Å². The molecule has 1 fully saturated rings. The van der Waals surface area contributed by atoms with E-state index in [0.29, 0.717) is 30.2 Å². The molecule has 0 aliphatic heterocycles. The van der Waals surface area contributed by atoms with Gasteiger partial charge in [0.05, 0.1) is 0 Å². The molecule has 0 amide bonds. The highest BCUT2D eigenvalue weighted by Gasteiger charge is 2.36. The summed E-state index contributed by atoms with van der Waals surface area (Å²) in [6.45, 7) is 1.85. The summed E-state index contributed by atoms with van der Waals surface area (Å²) in [5, 5.41) is 21.1. The van der Waals surface area contributed by atoms with Gasteiger partial charge < -0.3 is 14.9 Å². The summed E-state index contributed by atoms with van der Waals surface area (Å²) in [7, 11) is 1.58. The molecule has 1 heterocycles. The Bertz CT molecular complexity index is 679. The van der Waals surface area contributed by atoms with E-state index < -0.39 is 18.0 Å². The second kappa shape index (κ2) is 11.1. The van der Waals surface area contributed by atoms with Crippen molar-refractivity contribution in [3.8, 4) is 0 Å². The molecule has 2 N–H and O–H groups in total. The number of nitrogens with zero attached hydrogens (tertiary/aromatic N) is 1. The summed E-state index contributed by atoms with van der Waals surface area (Å²) < 4.78 is 33.4. The summed E-state index contributed by atoms with van der Waals surface area (Å²) in [6.07, 6.45) is 6.25. The van der Waals surface area contributed by atoms with Gasteiger partial charge in [-0.2, -0.15) is 0 Å². The number of aromatic nitrogens is 1. The molecule has 0 aromatic carbocycles. The van der Waals surface area contributed by atoms with Gasteiger partial charge in [0, 0.05) is 18.9 Å². The Kier molecular flexibility index (Phi) is 9.17. The number of allylic oxidation sites excluding steroid dienone is 1. The van der Waals surface area contributed by atoms with Crippen LogP contribution in [0.2, 0.25) is 0 Å². The third kappa shape index (κ3) is 6.83. The Morgan fingerprint density at radius 3 is 2.86 bits per heavy atom. The number of hydrogen-bond donors (Lipinski definition) is 2. The van der Waals surface area contributed by atoms with Crippen LogP contribution in [0.5, 0.6) is 0 Å². The van der Waals surface area contributed by atoms with Crippen molar-refractivity contribution >= 4 is 17.3 Å². The minimum atomic E-state index is -3.09. The number of carboxylic acids is 1. The first-order chi connectivity index (χ1) is 13.8. The van der Waals surface area contributed by atoms with Crippen molar-refractivity contribution in [1.82, 2.24) is 4.98 Å². The van der Waals surface area contributed by atoms with Gasteiger partial charge in [0.25, 0.3) is 5.92 Å². The number of aromatic carboxylic acids is 1. The van der Waals surface area contributed by atoms with Crippen LogP contribution in [0.4, 0.5) is 8.78 Å². The first-order valence-corrected chi connectivity index (χ1v) is 11.1. The molecule has 1 saturated carbocycles. The Morgan fingerprint density at radius 1 is 1.48 bits per heavy atom. The molecule has 1 aromatic rings. The molecule has 29 heavy (non-hydrogen) atoms.